The first kappa shape index (κ1) is 18.2. The van der Waals surface area contributed by atoms with Crippen molar-refractivity contribution >= 4 is 18.0 Å². The van der Waals surface area contributed by atoms with Gasteiger partial charge in [0.25, 0.3) is 5.91 Å². The van der Waals surface area contributed by atoms with Gasteiger partial charge in [-0.3, -0.25) is 4.79 Å². The van der Waals surface area contributed by atoms with Crippen molar-refractivity contribution in [3.05, 3.63) is 35.4 Å². The van der Waals surface area contributed by atoms with Crippen LogP contribution in [0.1, 0.15) is 41.5 Å². The number of likely N-dealkylation sites (tertiary alicyclic amines) is 2. The third kappa shape index (κ3) is 3.81. The number of hydrogen-bond donors (Lipinski definition) is 1. The molecule has 2 heterocycles. The van der Waals surface area contributed by atoms with E-state index in [0.717, 1.165) is 0 Å². The molecule has 26 heavy (non-hydrogen) atoms. The van der Waals surface area contributed by atoms with Crippen molar-refractivity contribution in [3.63, 3.8) is 0 Å². The Kier molecular flexibility index (Phi) is 4.64. The Morgan fingerprint density at radius 3 is 2.08 bits per heavy atom. The fraction of sp³-hybridized carbons (Fsp3) is 0.526. The van der Waals surface area contributed by atoms with E-state index in [1.807, 2.05) is 20.8 Å². The van der Waals surface area contributed by atoms with Crippen LogP contribution in [-0.4, -0.2) is 64.7 Å². The Labute approximate surface area is 152 Å². The highest BCUT2D eigenvalue weighted by molar-refractivity contribution is 5.97. The van der Waals surface area contributed by atoms with Crippen molar-refractivity contribution in [2.75, 3.05) is 26.2 Å². The molecule has 0 saturated carbocycles. The molecule has 0 radical (unpaired) electrons. The molecule has 0 aromatic heterocycles. The number of hydrogen-bond acceptors (Lipinski definition) is 4. The zero-order valence-corrected chi connectivity index (χ0v) is 15.3. The van der Waals surface area contributed by atoms with Gasteiger partial charge in [0.2, 0.25) is 0 Å². The Morgan fingerprint density at radius 2 is 1.54 bits per heavy atom. The van der Waals surface area contributed by atoms with Gasteiger partial charge in [0.1, 0.15) is 5.60 Å². The molecule has 0 bridgehead atoms. The summed E-state index contributed by atoms with van der Waals surface area (Å²) in [7, 11) is 0. The van der Waals surface area contributed by atoms with Crippen LogP contribution in [0.3, 0.4) is 0 Å². The number of carbonyl (C=O) groups excluding carboxylic acids is 2. The third-order valence-corrected chi connectivity index (χ3v) is 4.78. The lowest BCUT2D eigenvalue weighted by atomic mass is 10.0. The summed E-state index contributed by atoms with van der Waals surface area (Å²) in [4.78, 5) is 39.4. The number of benzene rings is 1. The molecule has 2 fully saturated rings. The van der Waals surface area contributed by atoms with E-state index in [2.05, 4.69) is 0 Å². The highest BCUT2D eigenvalue weighted by atomic mass is 16.6. The largest absolute Gasteiger partial charge is 0.478 e. The number of carbonyl (C=O) groups is 3. The second-order valence-corrected chi connectivity index (χ2v) is 8.00. The van der Waals surface area contributed by atoms with Gasteiger partial charge in [0.05, 0.1) is 5.56 Å². The number of carboxylic acid groups (broad SMARTS) is 1. The normalized spacial score (nSPS) is 22.3. The van der Waals surface area contributed by atoms with Crippen LogP contribution >= 0.6 is 0 Å². The van der Waals surface area contributed by atoms with Crippen LogP contribution in [0.15, 0.2) is 24.3 Å². The van der Waals surface area contributed by atoms with E-state index >= 15 is 0 Å². The molecule has 140 valence electrons. The van der Waals surface area contributed by atoms with Gasteiger partial charge >= 0.3 is 12.1 Å². The molecule has 2 aliphatic heterocycles. The second-order valence-electron chi connectivity index (χ2n) is 8.00. The first-order chi connectivity index (χ1) is 12.1. The number of amides is 2. The van der Waals surface area contributed by atoms with Gasteiger partial charge < -0.3 is 19.6 Å². The van der Waals surface area contributed by atoms with E-state index in [-0.39, 0.29) is 29.4 Å². The van der Waals surface area contributed by atoms with Crippen LogP contribution in [0.4, 0.5) is 4.79 Å². The van der Waals surface area contributed by atoms with Crippen LogP contribution in [0.25, 0.3) is 0 Å². The minimum atomic E-state index is -1.05. The average Bonchev–Trinajstić information content (AvgIpc) is 3.11. The number of rotatable bonds is 2. The van der Waals surface area contributed by atoms with E-state index in [9.17, 15) is 14.4 Å². The summed E-state index contributed by atoms with van der Waals surface area (Å²) >= 11 is 0. The van der Waals surface area contributed by atoms with Gasteiger partial charge in [-0.15, -0.1) is 0 Å². The van der Waals surface area contributed by atoms with Crippen LogP contribution in [0, 0.1) is 11.8 Å². The van der Waals surface area contributed by atoms with Gasteiger partial charge in [-0.05, 0) is 39.0 Å². The summed E-state index contributed by atoms with van der Waals surface area (Å²) in [6.45, 7) is 7.82. The summed E-state index contributed by atoms with van der Waals surface area (Å²) in [6, 6.07) is 6.09. The van der Waals surface area contributed by atoms with Crippen LogP contribution in [-0.2, 0) is 4.74 Å². The maximum absolute atomic E-state index is 12.7. The summed E-state index contributed by atoms with van der Waals surface area (Å²) in [5, 5.41) is 9.08. The highest BCUT2D eigenvalue weighted by Crippen LogP contribution is 2.32. The van der Waals surface area contributed by atoms with Crippen molar-refractivity contribution in [2.45, 2.75) is 26.4 Å². The minimum Gasteiger partial charge on any atom is -0.478 e. The van der Waals surface area contributed by atoms with E-state index in [4.69, 9.17) is 9.84 Å². The molecule has 7 nitrogen and oxygen atoms in total. The predicted octanol–water partition coefficient (Wildman–Crippen LogP) is 2.32. The molecule has 2 amide bonds. The number of nitrogens with zero attached hydrogens (tertiary/aromatic N) is 2. The molecule has 2 aliphatic rings. The van der Waals surface area contributed by atoms with E-state index < -0.39 is 11.6 Å². The molecule has 7 heteroatoms. The lowest BCUT2D eigenvalue weighted by Crippen LogP contribution is -2.38. The summed E-state index contributed by atoms with van der Waals surface area (Å²) in [6.07, 6.45) is -0.307. The van der Waals surface area contributed by atoms with Crippen molar-refractivity contribution < 1.29 is 24.2 Å². The smallest absolute Gasteiger partial charge is 0.410 e. The molecule has 1 aromatic rings. The topological polar surface area (TPSA) is 87.2 Å². The number of fused-ring (bicyclic) bond motifs is 1. The van der Waals surface area contributed by atoms with Crippen molar-refractivity contribution in [2.24, 2.45) is 11.8 Å². The Balaban J connectivity index is 1.61. The predicted molar refractivity (Wildman–Crippen MR) is 94.1 cm³/mol. The maximum atomic E-state index is 12.7. The van der Waals surface area contributed by atoms with Crippen LogP contribution < -0.4 is 0 Å². The summed E-state index contributed by atoms with van der Waals surface area (Å²) in [5.74, 6) is -0.750. The van der Waals surface area contributed by atoms with Crippen LogP contribution in [0.2, 0.25) is 0 Å². The Morgan fingerprint density at radius 1 is 1.00 bits per heavy atom. The number of aromatic carboxylic acids is 1. The van der Waals surface area contributed by atoms with Gasteiger partial charge in [-0.1, -0.05) is 6.07 Å². The van der Waals surface area contributed by atoms with Crippen molar-refractivity contribution in [1.29, 1.82) is 0 Å². The fourth-order valence-corrected chi connectivity index (χ4v) is 3.60. The summed E-state index contributed by atoms with van der Waals surface area (Å²) in [5.41, 5.74) is -0.0356. The maximum Gasteiger partial charge on any atom is 0.410 e. The SMILES string of the molecule is CC(C)(C)OC(=O)N1CC2CN(C(=O)c3cccc(C(=O)O)c3)CC2C1. The molecule has 1 N–H and O–H groups in total. The molecule has 2 saturated heterocycles. The van der Waals surface area contributed by atoms with Gasteiger partial charge in [-0.2, -0.15) is 0 Å². The van der Waals surface area contributed by atoms with Gasteiger partial charge in [0, 0.05) is 43.6 Å². The lowest BCUT2D eigenvalue weighted by molar-refractivity contribution is 0.0275. The molecular weight excluding hydrogens is 336 g/mol. The third-order valence-electron chi connectivity index (χ3n) is 4.78. The molecule has 2 atom stereocenters. The molecule has 0 aliphatic carbocycles. The van der Waals surface area contributed by atoms with E-state index in [1.165, 1.54) is 12.1 Å². The zero-order valence-electron chi connectivity index (χ0n) is 15.3. The molecule has 3 rings (SSSR count). The van der Waals surface area contributed by atoms with Crippen molar-refractivity contribution in [1.82, 2.24) is 9.80 Å². The van der Waals surface area contributed by atoms with E-state index in [0.29, 0.717) is 31.7 Å². The molecule has 1 aromatic carbocycles. The second kappa shape index (κ2) is 6.63. The molecule has 0 spiro atoms. The summed E-state index contributed by atoms with van der Waals surface area (Å²) < 4.78 is 5.42. The van der Waals surface area contributed by atoms with E-state index in [1.54, 1.807) is 21.9 Å². The Bertz CT molecular complexity index is 726. The van der Waals surface area contributed by atoms with Gasteiger partial charge in [-0.25, -0.2) is 9.59 Å². The highest BCUT2D eigenvalue weighted by Gasteiger charge is 2.44. The zero-order chi connectivity index (χ0) is 19.1. The monoisotopic (exact) mass is 360 g/mol. The first-order valence-corrected chi connectivity index (χ1v) is 8.74. The van der Waals surface area contributed by atoms with Gasteiger partial charge in [0.15, 0.2) is 0 Å². The minimum absolute atomic E-state index is 0.103. The molecule has 2 unspecified atom stereocenters. The quantitative estimate of drug-likeness (QED) is 0.875. The number of carboxylic acids is 1. The lowest BCUT2D eigenvalue weighted by Gasteiger charge is -2.26. The standard InChI is InChI=1S/C19H24N2O5/c1-19(2,3)26-18(25)21-10-14-8-20(9-15(14)11-21)16(22)12-5-4-6-13(7-12)17(23)24/h4-7,14-15H,8-11H2,1-3H3,(H,23,24). The first-order valence-electron chi connectivity index (χ1n) is 8.74. The number of ether oxygens (including phenoxy) is 1. The van der Waals surface area contributed by atoms with Crippen molar-refractivity contribution in [3.8, 4) is 0 Å². The average molecular weight is 360 g/mol. The Hall–Kier alpha value is -2.57. The van der Waals surface area contributed by atoms with Crippen LogP contribution in [0.5, 0.6) is 0 Å². The molecular formula is C19H24N2O5. The fourth-order valence-electron chi connectivity index (χ4n) is 3.60.